The molecule has 2 unspecified atom stereocenters. The van der Waals surface area contributed by atoms with Gasteiger partial charge in [0, 0.05) is 6.10 Å². The van der Waals surface area contributed by atoms with Crippen LogP contribution in [-0.4, -0.2) is 27.9 Å². The molecule has 0 aromatic rings. The highest BCUT2D eigenvalue weighted by atomic mass is 28.3. The molecular formula is C14H30O2Si. The van der Waals surface area contributed by atoms with Crippen molar-refractivity contribution in [2.45, 2.75) is 78.2 Å². The third-order valence-corrected chi connectivity index (χ3v) is 4.17. The number of hydrogen-bond donors (Lipinski definition) is 0. The number of unbranched alkanes of at least 4 members (excludes halogenated alkanes) is 2. The highest BCUT2D eigenvalue weighted by molar-refractivity contribution is 6.48. The van der Waals surface area contributed by atoms with E-state index in [1.54, 1.807) is 0 Å². The molecule has 0 radical (unpaired) electrons. The molecule has 0 aliphatic carbocycles. The van der Waals surface area contributed by atoms with Crippen LogP contribution in [0.15, 0.2) is 0 Å². The first-order chi connectivity index (χ1) is 7.89. The van der Waals surface area contributed by atoms with Gasteiger partial charge in [0.25, 0.3) is 0 Å². The summed E-state index contributed by atoms with van der Waals surface area (Å²) in [4.78, 5) is 0. The highest BCUT2D eigenvalue weighted by Crippen LogP contribution is 2.27. The van der Waals surface area contributed by atoms with Crippen molar-refractivity contribution in [3.63, 3.8) is 0 Å². The van der Waals surface area contributed by atoms with Gasteiger partial charge in [0.15, 0.2) is 9.04 Å². The van der Waals surface area contributed by atoms with Crippen LogP contribution in [0.3, 0.4) is 0 Å². The van der Waals surface area contributed by atoms with Gasteiger partial charge in [0.1, 0.15) is 0 Å². The van der Waals surface area contributed by atoms with E-state index in [1.807, 2.05) is 0 Å². The fourth-order valence-corrected chi connectivity index (χ4v) is 3.35. The Labute approximate surface area is 109 Å². The summed E-state index contributed by atoms with van der Waals surface area (Å²) in [6.07, 6.45) is 7.49. The highest BCUT2D eigenvalue weighted by Gasteiger charge is 2.26. The quantitative estimate of drug-likeness (QED) is 0.376. The average molecular weight is 258 g/mol. The van der Waals surface area contributed by atoms with Gasteiger partial charge in [-0.25, -0.2) is 0 Å². The van der Waals surface area contributed by atoms with E-state index in [0.29, 0.717) is 12.2 Å². The molecule has 17 heavy (non-hydrogen) atoms. The summed E-state index contributed by atoms with van der Waals surface area (Å²) < 4.78 is 11.4. The van der Waals surface area contributed by atoms with Gasteiger partial charge in [-0.2, -0.15) is 0 Å². The van der Waals surface area contributed by atoms with Crippen molar-refractivity contribution in [2.75, 3.05) is 6.61 Å². The predicted molar refractivity (Wildman–Crippen MR) is 76.0 cm³/mol. The van der Waals surface area contributed by atoms with Gasteiger partial charge < -0.3 is 9.16 Å². The van der Waals surface area contributed by atoms with Gasteiger partial charge in [-0.15, -0.1) is 0 Å². The maximum absolute atomic E-state index is 6.17. The molecule has 1 heterocycles. The second-order valence-electron chi connectivity index (χ2n) is 6.63. The molecule has 0 aromatic carbocycles. The Hall–Kier alpha value is 0.137. The van der Waals surface area contributed by atoms with Crippen LogP contribution >= 0.6 is 0 Å². The zero-order chi connectivity index (χ0) is 12.9. The van der Waals surface area contributed by atoms with Gasteiger partial charge in [0.2, 0.25) is 0 Å². The lowest BCUT2D eigenvalue weighted by atomic mass is 9.86. The molecule has 3 heteroatoms. The van der Waals surface area contributed by atoms with E-state index in [0.717, 1.165) is 6.61 Å². The number of epoxide rings is 1. The summed E-state index contributed by atoms with van der Waals surface area (Å²) in [7, 11) is -0.913. The van der Waals surface area contributed by atoms with Gasteiger partial charge in [0.05, 0.1) is 12.7 Å². The van der Waals surface area contributed by atoms with Crippen molar-refractivity contribution in [3.8, 4) is 0 Å². The van der Waals surface area contributed by atoms with Gasteiger partial charge >= 0.3 is 0 Å². The van der Waals surface area contributed by atoms with Crippen molar-refractivity contribution >= 4 is 9.04 Å². The van der Waals surface area contributed by atoms with Crippen molar-refractivity contribution in [1.29, 1.82) is 0 Å². The maximum atomic E-state index is 6.17. The van der Waals surface area contributed by atoms with E-state index in [-0.39, 0.29) is 5.41 Å². The fraction of sp³-hybridized carbons (Fsp3) is 1.00. The van der Waals surface area contributed by atoms with Crippen LogP contribution in [0.5, 0.6) is 0 Å². The predicted octanol–water partition coefficient (Wildman–Crippen LogP) is 3.75. The van der Waals surface area contributed by atoms with E-state index in [9.17, 15) is 0 Å². The summed E-state index contributed by atoms with van der Waals surface area (Å²) in [5, 5.41) is 0. The van der Waals surface area contributed by atoms with Crippen LogP contribution in [0.25, 0.3) is 0 Å². The van der Waals surface area contributed by atoms with E-state index in [1.165, 1.54) is 32.1 Å². The molecule has 1 saturated heterocycles. The van der Waals surface area contributed by atoms with Crippen LogP contribution in [0.1, 0.15) is 52.9 Å². The molecule has 1 aliphatic rings. The Morgan fingerprint density at radius 3 is 2.35 bits per heavy atom. The SMILES string of the molecule is C[SiH](C)OC(CCCCCC1CO1)C(C)(C)C. The van der Waals surface area contributed by atoms with E-state index in [2.05, 4.69) is 33.9 Å². The number of hydrogen-bond acceptors (Lipinski definition) is 2. The molecule has 0 N–H and O–H groups in total. The molecule has 1 fully saturated rings. The second kappa shape index (κ2) is 6.91. The first-order valence-electron chi connectivity index (χ1n) is 7.16. The fourth-order valence-electron chi connectivity index (χ4n) is 2.15. The number of ether oxygens (including phenoxy) is 1. The zero-order valence-electron chi connectivity index (χ0n) is 12.3. The molecule has 2 atom stereocenters. The molecule has 2 nitrogen and oxygen atoms in total. The topological polar surface area (TPSA) is 21.8 Å². The second-order valence-corrected chi connectivity index (χ2v) is 9.00. The smallest absolute Gasteiger partial charge is 0.171 e. The first kappa shape index (κ1) is 15.2. The Morgan fingerprint density at radius 2 is 1.88 bits per heavy atom. The lowest BCUT2D eigenvalue weighted by Gasteiger charge is -2.32. The Morgan fingerprint density at radius 1 is 1.24 bits per heavy atom. The summed E-state index contributed by atoms with van der Waals surface area (Å²) in [5.41, 5.74) is 0.289. The van der Waals surface area contributed by atoms with Crippen LogP contribution in [0.4, 0.5) is 0 Å². The van der Waals surface area contributed by atoms with Gasteiger partial charge in [-0.3, -0.25) is 0 Å². The summed E-state index contributed by atoms with van der Waals surface area (Å²) in [5.74, 6) is 0. The molecule has 0 bridgehead atoms. The first-order valence-corrected chi connectivity index (χ1v) is 9.94. The molecule has 1 aliphatic heterocycles. The molecular weight excluding hydrogens is 228 g/mol. The van der Waals surface area contributed by atoms with Crippen LogP contribution in [0.2, 0.25) is 13.1 Å². The van der Waals surface area contributed by atoms with E-state index >= 15 is 0 Å². The minimum atomic E-state index is -0.913. The minimum absolute atomic E-state index is 0.289. The van der Waals surface area contributed by atoms with Crippen molar-refractivity contribution < 1.29 is 9.16 Å². The molecule has 1 rings (SSSR count). The van der Waals surface area contributed by atoms with Gasteiger partial charge in [-0.1, -0.05) is 40.0 Å². The molecule has 0 aromatic heterocycles. The largest absolute Gasteiger partial charge is 0.417 e. The summed E-state index contributed by atoms with van der Waals surface area (Å²) in [6, 6.07) is 0. The molecule has 102 valence electrons. The minimum Gasteiger partial charge on any atom is -0.417 e. The summed E-state index contributed by atoms with van der Waals surface area (Å²) >= 11 is 0. The third-order valence-electron chi connectivity index (χ3n) is 3.30. The van der Waals surface area contributed by atoms with Crippen LogP contribution in [0, 0.1) is 5.41 Å². The van der Waals surface area contributed by atoms with Crippen LogP contribution in [-0.2, 0) is 9.16 Å². The lowest BCUT2D eigenvalue weighted by Crippen LogP contribution is -2.33. The maximum Gasteiger partial charge on any atom is 0.171 e. The van der Waals surface area contributed by atoms with Crippen molar-refractivity contribution in [3.05, 3.63) is 0 Å². The van der Waals surface area contributed by atoms with Crippen molar-refractivity contribution in [2.24, 2.45) is 5.41 Å². The molecule has 0 spiro atoms. The Balaban J connectivity index is 2.13. The zero-order valence-corrected chi connectivity index (χ0v) is 13.4. The van der Waals surface area contributed by atoms with Crippen LogP contribution < -0.4 is 0 Å². The van der Waals surface area contributed by atoms with E-state index < -0.39 is 9.04 Å². The lowest BCUT2D eigenvalue weighted by molar-refractivity contribution is 0.0759. The van der Waals surface area contributed by atoms with E-state index in [4.69, 9.17) is 9.16 Å². The molecule has 0 saturated carbocycles. The third kappa shape index (κ3) is 7.22. The summed E-state index contributed by atoms with van der Waals surface area (Å²) in [6.45, 7) is 12.4. The molecule has 0 amide bonds. The average Bonchev–Trinajstić information content (AvgIpc) is 2.97. The van der Waals surface area contributed by atoms with Crippen molar-refractivity contribution in [1.82, 2.24) is 0 Å². The monoisotopic (exact) mass is 258 g/mol. The van der Waals surface area contributed by atoms with Gasteiger partial charge in [-0.05, 0) is 31.4 Å². The normalized spacial score (nSPS) is 21.9. The Kier molecular flexibility index (Phi) is 6.17. The number of rotatable bonds is 8. The standard InChI is InChI=1S/C14H30O2Si/c1-14(2,3)13(16-17(4)5)10-8-6-7-9-12-11-15-12/h12-13,17H,6-11H2,1-5H3. The Bertz CT molecular complexity index is 207.